The van der Waals surface area contributed by atoms with Crippen molar-refractivity contribution in [2.75, 3.05) is 17.3 Å². The summed E-state index contributed by atoms with van der Waals surface area (Å²) in [7, 11) is -4.17. The van der Waals surface area contributed by atoms with Gasteiger partial charge >= 0.3 is 0 Å². The molecule has 8 heteroatoms. The molecule has 2 N–H and O–H groups in total. The average molecular weight is 411 g/mol. The van der Waals surface area contributed by atoms with Gasteiger partial charge < -0.3 is 5.32 Å². The lowest BCUT2D eigenvalue weighted by atomic mass is 10.1. The number of carbonyl (C=O) groups is 1. The van der Waals surface area contributed by atoms with Crippen LogP contribution in [0.15, 0.2) is 47.4 Å². The first-order chi connectivity index (χ1) is 12.7. The zero-order valence-electron chi connectivity index (χ0n) is 15.5. The van der Waals surface area contributed by atoms with Gasteiger partial charge in [-0.25, -0.2) is 12.8 Å². The van der Waals surface area contributed by atoms with Crippen LogP contribution in [0.3, 0.4) is 0 Å². The van der Waals surface area contributed by atoms with E-state index in [9.17, 15) is 17.6 Å². The molecule has 0 saturated carbocycles. The molecule has 0 fully saturated rings. The number of halogens is 1. The molecule has 1 atom stereocenters. The van der Waals surface area contributed by atoms with E-state index in [1.807, 2.05) is 32.2 Å². The molecule has 0 aliphatic rings. The van der Waals surface area contributed by atoms with Crippen LogP contribution in [0.25, 0.3) is 0 Å². The Labute approximate surface area is 163 Å². The third-order valence-corrected chi connectivity index (χ3v) is 6.27. The van der Waals surface area contributed by atoms with E-state index in [1.165, 1.54) is 30.0 Å². The number of hydrogen-bond acceptors (Lipinski definition) is 4. The average Bonchev–Trinajstić information content (AvgIpc) is 2.61. The smallest absolute Gasteiger partial charge is 0.244 e. The highest BCUT2D eigenvalue weighted by molar-refractivity contribution is 7.98. The fourth-order valence-electron chi connectivity index (χ4n) is 2.44. The Morgan fingerprint density at radius 2 is 1.85 bits per heavy atom. The molecule has 0 aliphatic heterocycles. The number of carbonyl (C=O) groups excluding carboxylic acids is 1. The molecule has 2 rings (SSSR count). The second-order valence-electron chi connectivity index (χ2n) is 6.17. The minimum absolute atomic E-state index is 0.283. The maximum atomic E-state index is 13.9. The van der Waals surface area contributed by atoms with E-state index >= 15 is 0 Å². The van der Waals surface area contributed by atoms with Crippen LogP contribution in [0.1, 0.15) is 17.5 Å². The number of aryl methyl sites for hydroxylation is 2. The number of rotatable bonds is 8. The van der Waals surface area contributed by atoms with Crippen LogP contribution in [-0.4, -0.2) is 32.4 Å². The van der Waals surface area contributed by atoms with E-state index in [-0.39, 0.29) is 6.42 Å². The van der Waals surface area contributed by atoms with Crippen molar-refractivity contribution < 1.29 is 17.6 Å². The summed E-state index contributed by atoms with van der Waals surface area (Å²) in [4.78, 5) is 12.2. The van der Waals surface area contributed by atoms with Gasteiger partial charge in [-0.3, -0.25) is 4.79 Å². The van der Waals surface area contributed by atoms with Gasteiger partial charge in [0, 0.05) is 5.69 Å². The normalized spacial score (nSPS) is 12.6. The highest BCUT2D eigenvalue weighted by atomic mass is 32.2. The predicted molar refractivity (Wildman–Crippen MR) is 108 cm³/mol. The van der Waals surface area contributed by atoms with Gasteiger partial charge in [0.15, 0.2) is 0 Å². The summed E-state index contributed by atoms with van der Waals surface area (Å²) >= 11 is 1.49. The van der Waals surface area contributed by atoms with Crippen molar-refractivity contribution in [3.8, 4) is 0 Å². The molecule has 146 valence electrons. The molecule has 0 radical (unpaired) electrons. The summed E-state index contributed by atoms with van der Waals surface area (Å²) in [6.07, 6.45) is 2.15. The Morgan fingerprint density at radius 3 is 2.48 bits per heavy atom. The molecular formula is C19H23FN2O3S2. The van der Waals surface area contributed by atoms with Crippen molar-refractivity contribution in [1.29, 1.82) is 0 Å². The van der Waals surface area contributed by atoms with E-state index in [2.05, 4.69) is 10.0 Å². The number of benzene rings is 2. The van der Waals surface area contributed by atoms with Gasteiger partial charge in [-0.1, -0.05) is 18.2 Å². The number of anilines is 1. The quantitative estimate of drug-likeness (QED) is 0.699. The molecule has 0 saturated heterocycles. The first-order valence-electron chi connectivity index (χ1n) is 8.38. The lowest BCUT2D eigenvalue weighted by molar-refractivity contribution is -0.117. The van der Waals surface area contributed by atoms with E-state index < -0.39 is 32.7 Å². The molecule has 27 heavy (non-hydrogen) atoms. The van der Waals surface area contributed by atoms with Gasteiger partial charge in [0.1, 0.15) is 16.8 Å². The van der Waals surface area contributed by atoms with Crippen LogP contribution in [0.5, 0.6) is 0 Å². The Hall–Kier alpha value is -1.90. The van der Waals surface area contributed by atoms with Crippen LogP contribution in [0.2, 0.25) is 0 Å². The second kappa shape index (κ2) is 9.34. The highest BCUT2D eigenvalue weighted by Crippen LogP contribution is 2.17. The van der Waals surface area contributed by atoms with Gasteiger partial charge in [-0.15, -0.1) is 0 Å². The number of hydrogen-bond donors (Lipinski definition) is 2. The summed E-state index contributed by atoms with van der Waals surface area (Å²) in [5.74, 6) is -0.763. The Bertz CT molecular complexity index is 917. The van der Waals surface area contributed by atoms with Crippen LogP contribution in [0.4, 0.5) is 10.1 Å². The molecule has 5 nitrogen and oxygen atoms in total. The van der Waals surface area contributed by atoms with Crippen molar-refractivity contribution in [2.45, 2.75) is 31.2 Å². The fourth-order valence-corrected chi connectivity index (χ4v) is 4.22. The minimum atomic E-state index is -4.17. The molecule has 2 aromatic carbocycles. The summed E-state index contributed by atoms with van der Waals surface area (Å²) in [5.41, 5.74) is 2.69. The predicted octanol–water partition coefficient (Wildman–Crippen LogP) is 3.48. The standard InChI is InChI=1S/C19H23FN2O3S2/c1-13-8-9-15(12-14(13)2)21-19(23)17(10-11-26-3)22-27(24,25)18-7-5-4-6-16(18)20/h4-9,12,17,22H,10-11H2,1-3H3,(H,21,23). The molecule has 0 bridgehead atoms. The molecular weight excluding hydrogens is 387 g/mol. The summed E-state index contributed by atoms with van der Waals surface area (Å²) < 4.78 is 41.3. The number of nitrogens with one attached hydrogen (secondary N) is 2. The highest BCUT2D eigenvalue weighted by Gasteiger charge is 2.27. The topological polar surface area (TPSA) is 75.3 Å². The van der Waals surface area contributed by atoms with Gasteiger partial charge in [0.05, 0.1) is 0 Å². The Balaban J connectivity index is 2.22. The lowest BCUT2D eigenvalue weighted by Crippen LogP contribution is -2.44. The van der Waals surface area contributed by atoms with E-state index in [0.29, 0.717) is 11.4 Å². The molecule has 0 spiro atoms. The summed E-state index contributed by atoms with van der Waals surface area (Å²) in [5, 5.41) is 2.74. The minimum Gasteiger partial charge on any atom is -0.325 e. The summed E-state index contributed by atoms with van der Waals surface area (Å²) in [6.45, 7) is 3.89. The van der Waals surface area contributed by atoms with E-state index in [0.717, 1.165) is 17.2 Å². The molecule has 1 unspecified atom stereocenters. The van der Waals surface area contributed by atoms with Crippen molar-refractivity contribution in [2.24, 2.45) is 0 Å². The first kappa shape index (κ1) is 21.4. The van der Waals surface area contributed by atoms with Gasteiger partial charge in [-0.2, -0.15) is 16.5 Å². The molecule has 0 aliphatic carbocycles. The van der Waals surface area contributed by atoms with E-state index in [4.69, 9.17) is 0 Å². The third kappa shape index (κ3) is 5.79. The zero-order chi connectivity index (χ0) is 20.0. The van der Waals surface area contributed by atoms with Crippen LogP contribution in [0, 0.1) is 19.7 Å². The largest absolute Gasteiger partial charge is 0.325 e. The van der Waals surface area contributed by atoms with Crippen molar-refractivity contribution in [3.05, 3.63) is 59.4 Å². The molecule has 0 aromatic heterocycles. The van der Waals surface area contributed by atoms with Gasteiger partial charge in [0.25, 0.3) is 0 Å². The van der Waals surface area contributed by atoms with Crippen molar-refractivity contribution in [1.82, 2.24) is 4.72 Å². The Kier molecular flexibility index (Phi) is 7.41. The first-order valence-corrected chi connectivity index (χ1v) is 11.3. The number of thioether (sulfide) groups is 1. The van der Waals surface area contributed by atoms with Crippen LogP contribution in [-0.2, 0) is 14.8 Å². The monoisotopic (exact) mass is 410 g/mol. The SMILES string of the molecule is CSCCC(NS(=O)(=O)c1ccccc1F)C(=O)Nc1ccc(C)c(C)c1. The van der Waals surface area contributed by atoms with E-state index in [1.54, 1.807) is 6.07 Å². The maximum Gasteiger partial charge on any atom is 0.244 e. The molecule has 0 heterocycles. The van der Waals surface area contributed by atoms with Crippen LogP contribution >= 0.6 is 11.8 Å². The van der Waals surface area contributed by atoms with Crippen LogP contribution < -0.4 is 10.0 Å². The Morgan fingerprint density at radius 1 is 1.15 bits per heavy atom. The molecule has 1 amide bonds. The number of sulfonamides is 1. The van der Waals surface area contributed by atoms with Crippen molar-refractivity contribution in [3.63, 3.8) is 0 Å². The summed E-state index contributed by atoms with van der Waals surface area (Å²) in [6, 6.07) is 9.54. The lowest BCUT2D eigenvalue weighted by Gasteiger charge is -2.19. The van der Waals surface area contributed by atoms with Crippen molar-refractivity contribution >= 4 is 33.4 Å². The molecule has 2 aromatic rings. The third-order valence-electron chi connectivity index (χ3n) is 4.13. The fraction of sp³-hybridized carbons (Fsp3) is 0.316. The number of amides is 1. The van der Waals surface area contributed by atoms with Gasteiger partial charge in [-0.05, 0) is 67.7 Å². The maximum absolute atomic E-state index is 13.9. The second-order valence-corrected chi connectivity index (χ2v) is 8.84. The zero-order valence-corrected chi connectivity index (χ0v) is 17.1. The van der Waals surface area contributed by atoms with Gasteiger partial charge in [0.2, 0.25) is 15.9 Å².